The van der Waals surface area contributed by atoms with Crippen LogP contribution in [0.25, 0.3) is 0 Å². The van der Waals surface area contributed by atoms with Gasteiger partial charge >= 0.3 is 0 Å². The third-order valence-corrected chi connectivity index (χ3v) is 3.69. The lowest BCUT2D eigenvalue weighted by atomic mass is 9.61. The normalized spacial score (nSPS) is 16.8. The van der Waals surface area contributed by atoms with Gasteiger partial charge in [0, 0.05) is 19.1 Å². The van der Waals surface area contributed by atoms with Crippen LogP contribution in [0.5, 0.6) is 0 Å². The van der Waals surface area contributed by atoms with Crippen LogP contribution in [0.1, 0.15) is 41.5 Å². The second-order valence-electron chi connectivity index (χ2n) is 5.77. The summed E-state index contributed by atoms with van der Waals surface area (Å²) in [7, 11) is 1.80. The van der Waals surface area contributed by atoms with Gasteiger partial charge < -0.3 is 10.1 Å². The molecule has 0 aromatic heterocycles. The molecule has 0 heterocycles. The van der Waals surface area contributed by atoms with Crippen LogP contribution in [-0.4, -0.2) is 26.8 Å². The summed E-state index contributed by atoms with van der Waals surface area (Å²) in [6, 6.07) is 0. The Kier molecular flexibility index (Phi) is 5.82. The van der Waals surface area contributed by atoms with Crippen molar-refractivity contribution in [2.24, 2.45) is 16.7 Å². The van der Waals surface area contributed by atoms with E-state index in [4.69, 9.17) is 4.74 Å². The van der Waals surface area contributed by atoms with E-state index in [1.165, 1.54) is 0 Å². The van der Waals surface area contributed by atoms with Crippen molar-refractivity contribution in [3.63, 3.8) is 0 Å². The lowest BCUT2D eigenvalue weighted by Gasteiger charge is -2.48. The van der Waals surface area contributed by atoms with Gasteiger partial charge in [0.15, 0.2) is 0 Å². The van der Waals surface area contributed by atoms with E-state index in [1.807, 2.05) is 0 Å². The van der Waals surface area contributed by atoms with Crippen molar-refractivity contribution in [3.05, 3.63) is 0 Å². The molecule has 0 saturated carbocycles. The zero-order valence-corrected chi connectivity index (χ0v) is 11.6. The molecule has 0 aliphatic heterocycles. The van der Waals surface area contributed by atoms with E-state index in [-0.39, 0.29) is 10.8 Å². The Hall–Kier alpha value is -0.0800. The average molecular weight is 215 g/mol. The highest BCUT2D eigenvalue weighted by molar-refractivity contribution is 4.94. The lowest BCUT2D eigenvalue weighted by molar-refractivity contribution is -0.0416. The topological polar surface area (TPSA) is 21.3 Å². The second-order valence-corrected chi connectivity index (χ2v) is 5.77. The summed E-state index contributed by atoms with van der Waals surface area (Å²) in [5.74, 6) is 0.608. The van der Waals surface area contributed by atoms with E-state index in [9.17, 15) is 0 Å². The van der Waals surface area contributed by atoms with Crippen molar-refractivity contribution in [3.8, 4) is 0 Å². The molecular weight excluding hydrogens is 186 g/mol. The number of rotatable bonds is 6. The van der Waals surface area contributed by atoms with E-state index < -0.39 is 0 Å². The van der Waals surface area contributed by atoms with Crippen molar-refractivity contribution in [2.45, 2.75) is 41.5 Å². The van der Waals surface area contributed by atoms with E-state index in [0.29, 0.717) is 5.92 Å². The van der Waals surface area contributed by atoms with Gasteiger partial charge in [-0.2, -0.15) is 0 Å². The van der Waals surface area contributed by atoms with Crippen LogP contribution in [0, 0.1) is 16.7 Å². The van der Waals surface area contributed by atoms with Crippen molar-refractivity contribution in [1.82, 2.24) is 5.32 Å². The van der Waals surface area contributed by atoms with Gasteiger partial charge in [0.2, 0.25) is 0 Å². The first kappa shape index (κ1) is 14.9. The molecule has 0 fully saturated rings. The molecule has 1 unspecified atom stereocenters. The van der Waals surface area contributed by atoms with Crippen LogP contribution in [0.15, 0.2) is 0 Å². The molecular formula is C13H29NO. The van der Waals surface area contributed by atoms with E-state index >= 15 is 0 Å². The molecule has 92 valence electrons. The minimum absolute atomic E-state index is 0.206. The summed E-state index contributed by atoms with van der Waals surface area (Å²) in [6.45, 7) is 16.5. The molecule has 0 bridgehead atoms. The van der Waals surface area contributed by atoms with Crippen LogP contribution in [0.3, 0.4) is 0 Å². The molecule has 0 aliphatic carbocycles. The first-order chi connectivity index (χ1) is 6.81. The number of hydrogen-bond donors (Lipinski definition) is 1. The zero-order chi connectivity index (χ0) is 12.1. The molecule has 2 heteroatoms. The standard InChI is InChI=1S/C13H29NO/c1-8-14-9-13(10-15-7,11(2)3)12(4,5)6/h11,14H,8-10H2,1-7H3. The minimum atomic E-state index is 0.206. The van der Waals surface area contributed by atoms with Crippen molar-refractivity contribution in [1.29, 1.82) is 0 Å². The van der Waals surface area contributed by atoms with Crippen molar-refractivity contribution < 1.29 is 4.74 Å². The highest BCUT2D eigenvalue weighted by Gasteiger charge is 2.44. The first-order valence-electron chi connectivity index (χ1n) is 6.01. The third-order valence-electron chi connectivity index (χ3n) is 3.69. The summed E-state index contributed by atoms with van der Waals surface area (Å²) in [5, 5.41) is 3.48. The molecule has 0 rings (SSSR count). The maximum Gasteiger partial charge on any atom is 0.0538 e. The summed E-state index contributed by atoms with van der Waals surface area (Å²) >= 11 is 0. The minimum Gasteiger partial charge on any atom is -0.384 e. The summed E-state index contributed by atoms with van der Waals surface area (Å²) in [5.41, 5.74) is 0.455. The molecule has 0 aromatic rings. The quantitative estimate of drug-likeness (QED) is 0.735. The maximum atomic E-state index is 5.45. The molecule has 0 spiro atoms. The Bertz CT molecular complexity index is 172. The molecule has 2 nitrogen and oxygen atoms in total. The maximum absolute atomic E-state index is 5.45. The zero-order valence-electron chi connectivity index (χ0n) is 11.6. The Labute approximate surface area is 95.8 Å². The van der Waals surface area contributed by atoms with Crippen molar-refractivity contribution in [2.75, 3.05) is 26.8 Å². The molecule has 0 amide bonds. The van der Waals surface area contributed by atoms with E-state index in [1.54, 1.807) is 7.11 Å². The fourth-order valence-corrected chi connectivity index (χ4v) is 2.38. The monoisotopic (exact) mass is 215 g/mol. The van der Waals surface area contributed by atoms with Crippen LogP contribution in [0.2, 0.25) is 0 Å². The van der Waals surface area contributed by atoms with Gasteiger partial charge in [-0.3, -0.25) is 0 Å². The highest BCUT2D eigenvalue weighted by atomic mass is 16.5. The molecule has 0 radical (unpaired) electrons. The predicted molar refractivity (Wildman–Crippen MR) is 67.1 cm³/mol. The van der Waals surface area contributed by atoms with Gasteiger partial charge in [0.05, 0.1) is 6.61 Å². The molecule has 15 heavy (non-hydrogen) atoms. The summed E-state index contributed by atoms with van der Waals surface area (Å²) in [4.78, 5) is 0. The Balaban J connectivity index is 4.90. The molecule has 0 aliphatic rings. The number of methoxy groups -OCH3 is 1. The SMILES string of the molecule is CCNCC(COC)(C(C)C)C(C)(C)C. The van der Waals surface area contributed by atoms with Gasteiger partial charge in [-0.1, -0.05) is 41.5 Å². The fraction of sp³-hybridized carbons (Fsp3) is 1.00. The summed E-state index contributed by atoms with van der Waals surface area (Å²) in [6.07, 6.45) is 0. The molecule has 1 atom stereocenters. The Morgan fingerprint density at radius 1 is 1.20 bits per heavy atom. The molecule has 0 saturated heterocycles. The van der Waals surface area contributed by atoms with E-state index in [2.05, 4.69) is 46.9 Å². The highest BCUT2D eigenvalue weighted by Crippen LogP contribution is 2.44. The number of hydrogen-bond acceptors (Lipinski definition) is 2. The van der Waals surface area contributed by atoms with Gasteiger partial charge in [-0.05, 0) is 17.9 Å². The first-order valence-corrected chi connectivity index (χ1v) is 6.01. The third kappa shape index (κ3) is 3.46. The largest absolute Gasteiger partial charge is 0.384 e. The smallest absolute Gasteiger partial charge is 0.0538 e. The van der Waals surface area contributed by atoms with Crippen LogP contribution >= 0.6 is 0 Å². The van der Waals surface area contributed by atoms with Crippen LogP contribution < -0.4 is 5.32 Å². The van der Waals surface area contributed by atoms with Gasteiger partial charge in [-0.25, -0.2) is 0 Å². The lowest BCUT2D eigenvalue weighted by Crippen LogP contribution is -2.51. The summed E-state index contributed by atoms with van der Waals surface area (Å²) < 4.78 is 5.45. The van der Waals surface area contributed by atoms with Gasteiger partial charge in [0.25, 0.3) is 0 Å². The number of ether oxygens (including phenoxy) is 1. The Morgan fingerprint density at radius 2 is 1.73 bits per heavy atom. The molecule has 1 N–H and O–H groups in total. The van der Waals surface area contributed by atoms with Gasteiger partial charge in [0.1, 0.15) is 0 Å². The molecule has 0 aromatic carbocycles. The van der Waals surface area contributed by atoms with Crippen LogP contribution in [-0.2, 0) is 4.74 Å². The van der Waals surface area contributed by atoms with E-state index in [0.717, 1.165) is 19.7 Å². The second kappa shape index (κ2) is 5.86. The van der Waals surface area contributed by atoms with Crippen molar-refractivity contribution >= 4 is 0 Å². The van der Waals surface area contributed by atoms with Gasteiger partial charge in [-0.15, -0.1) is 0 Å². The predicted octanol–water partition coefficient (Wildman–Crippen LogP) is 2.93. The fourth-order valence-electron chi connectivity index (χ4n) is 2.38. The Morgan fingerprint density at radius 3 is 2.00 bits per heavy atom. The number of nitrogens with one attached hydrogen (secondary N) is 1. The average Bonchev–Trinajstić information content (AvgIpc) is 2.09. The van der Waals surface area contributed by atoms with Crippen LogP contribution in [0.4, 0.5) is 0 Å².